The van der Waals surface area contributed by atoms with Crippen LogP contribution in [-0.4, -0.2) is 35.6 Å². The van der Waals surface area contributed by atoms with Crippen LogP contribution in [0.15, 0.2) is 5.51 Å². The van der Waals surface area contributed by atoms with Crippen molar-refractivity contribution < 1.29 is 0 Å². The molecule has 1 atom stereocenters. The molecule has 2 rings (SSSR count). The standard InChI is InChI=1S/C14H25N3S/c1-11(2)15-7-13-5-4-6-17(8-13)9-14-12(3)16-10-18-14/h10-11,13,15H,4-9H2,1-3H3. The molecule has 1 aromatic rings. The van der Waals surface area contributed by atoms with Crippen LogP contribution in [0.2, 0.25) is 0 Å². The Balaban J connectivity index is 1.81. The first-order chi connectivity index (χ1) is 8.65. The molecule has 1 N–H and O–H groups in total. The van der Waals surface area contributed by atoms with E-state index < -0.39 is 0 Å². The van der Waals surface area contributed by atoms with E-state index in [0.717, 1.165) is 19.0 Å². The predicted octanol–water partition coefficient (Wildman–Crippen LogP) is 2.66. The lowest BCUT2D eigenvalue weighted by molar-refractivity contribution is 0.165. The molecule has 0 radical (unpaired) electrons. The van der Waals surface area contributed by atoms with Gasteiger partial charge in [-0.15, -0.1) is 11.3 Å². The third kappa shape index (κ3) is 4.04. The van der Waals surface area contributed by atoms with E-state index in [1.54, 1.807) is 11.3 Å². The average molecular weight is 267 g/mol. The fourth-order valence-corrected chi connectivity index (χ4v) is 3.36. The molecule has 3 nitrogen and oxygen atoms in total. The van der Waals surface area contributed by atoms with Crippen LogP contribution in [0, 0.1) is 12.8 Å². The summed E-state index contributed by atoms with van der Waals surface area (Å²) in [6.45, 7) is 11.3. The number of rotatable bonds is 5. The summed E-state index contributed by atoms with van der Waals surface area (Å²) in [6.07, 6.45) is 2.71. The summed E-state index contributed by atoms with van der Waals surface area (Å²) in [5.74, 6) is 0.814. The van der Waals surface area contributed by atoms with E-state index in [4.69, 9.17) is 0 Å². The fraction of sp³-hybridized carbons (Fsp3) is 0.786. The molecule has 1 aliphatic rings. The van der Waals surface area contributed by atoms with E-state index in [-0.39, 0.29) is 0 Å². The van der Waals surface area contributed by atoms with Gasteiger partial charge in [0.25, 0.3) is 0 Å². The maximum atomic E-state index is 4.34. The number of nitrogens with one attached hydrogen (secondary N) is 1. The van der Waals surface area contributed by atoms with Crippen molar-refractivity contribution in [2.24, 2.45) is 5.92 Å². The molecule has 4 heteroatoms. The maximum absolute atomic E-state index is 4.34. The van der Waals surface area contributed by atoms with Crippen LogP contribution in [0.25, 0.3) is 0 Å². The molecular weight excluding hydrogens is 242 g/mol. The van der Waals surface area contributed by atoms with Crippen molar-refractivity contribution in [1.82, 2.24) is 15.2 Å². The Morgan fingerprint density at radius 3 is 3.06 bits per heavy atom. The zero-order chi connectivity index (χ0) is 13.0. The minimum absolute atomic E-state index is 0.601. The van der Waals surface area contributed by atoms with Crippen LogP contribution in [0.5, 0.6) is 0 Å². The van der Waals surface area contributed by atoms with E-state index in [1.807, 2.05) is 5.51 Å². The number of thiazole rings is 1. The van der Waals surface area contributed by atoms with E-state index in [0.29, 0.717) is 6.04 Å². The molecule has 0 aromatic carbocycles. The number of piperidine rings is 1. The van der Waals surface area contributed by atoms with Gasteiger partial charge < -0.3 is 5.32 Å². The molecule has 0 aliphatic carbocycles. The highest BCUT2D eigenvalue weighted by molar-refractivity contribution is 7.09. The summed E-state index contributed by atoms with van der Waals surface area (Å²) < 4.78 is 0. The number of likely N-dealkylation sites (tertiary alicyclic amines) is 1. The van der Waals surface area contributed by atoms with Gasteiger partial charge in [0.15, 0.2) is 0 Å². The van der Waals surface area contributed by atoms with E-state index in [2.05, 4.69) is 36.0 Å². The lowest BCUT2D eigenvalue weighted by Crippen LogP contribution is -2.40. The summed E-state index contributed by atoms with van der Waals surface area (Å²) in [5, 5.41) is 3.57. The molecule has 1 aromatic heterocycles. The van der Waals surface area contributed by atoms with Gasteiger partial charge >= 0.3 is 0 Å². The van der Waals surface area contributed by atoms with Gasteiger partial charge in [-0.05, 0) is 38.8 Å². The average Bonchev–Trinajstić information content (AvgIpc) is 2.73. The monoisotopic (exact) mass is 267 g/mol. The molecular formula is C14H25N3S. The Kier molecular flexibility index (Phi) is 5.15. The summed E-state index contributed by atoms with van der Waals surface area (Å²) in [5.41, 5.74) is 3.18. The quantitative estimate of drug-likeness (QED) is 0.889. The molecule has 1 unspecified atom stereocenters. The first-order valence-electron chi connectivity index (χ1n) is 7.00. The Labute approximate surface area is 115 Å². The molecule has 1 fully saturated rings. The van der Waals surface area contributed by atoms with Crippen molar-refractivity contribution in [2.45, 2.75) is 46.2 Å². The molecule has 2 heterocycles. The van der Waals surface area contributed by atoms with E-state index >= 15 is 0 Å². The van der Waals surface area contributed by atoms with Crippen LogP contribution in [0.4, 0.5) is 0 Å². The predicted molar refractivity (Wildman–Crippen MR) is 78.0 cm³/mol. The number of aryl methyl sites for hydroxylation is 1. The third-order valence-electron chi connectivity index (χ3n) is 3.63. The van der Waals surface area contributed by atoms with Gasteiger partial charge in [0.05, 0.1) is 11.2 Å². The van der Waals surface area contributed by atoms with Crippen LogP contribution in [0.1, 0.15) is 37.3 Å². The number of hydrogen-bond acceptors (Lipinski definition) is 4. The van der Waals surface area contributed by atoms with Gasteiger partial charge in [0, 0.05) is 24.0 Å². The Morgan fingerprint density at radius 2 is 2.39 bits per heavy atom. The van der Waals surface area contributed by atoms with Gasteiger partial charge in [-0.2, -0.15) is 0 Å². The van der Waals surface area contributed by atoms with Crippen LogP contribution in [0.3, 0.4) is 0 Å². The lowest BCUT2D eigenvalue weighted by Gasteiger charge is -2.33. The van der Waals surface area contributed by atoms with Crippen molar-refractivity contribution in [3.05, 3.63) is 16.1 Å². The smallest absolute Gasteiger partial charge is 0.0798 e. The zero-order valence-electron chi connectivity index (χ0n) is 11.8. The summed E-state index contributed by atoms with van der Waals surface area (Å²) in [7, 11) is 0. The first kappa shape index (κ1) is 14.0. The van der Waals surface area contributed by atoms with Crippen molar-refractivity contribution in [2.75, 3.05) is 19.6 Å². The molecule has 1 saturated heterocycles. The number of nitrogens with zero attached hydrogens (tertiary/aromatic N) is 2. The van der Waals surface area contributed by atoms with Crippen molar-refractivity contribution in [3.63, 3.8) is 0 Å². The lowest BCUT2D eigenvalue weighted by atomic mass is 9.97. The minimum atomic E-state index is 0.601. The van der Waals surface area contributed by atoms with Gasteiger partial charge in [-0.25, -0.2) is 4.98 Å². The van der Waals surface area contributed by atoms with Gasteiger partial charge in [0.2, 0.25) is 0 Å². The highest BCUT2D eigenvalue weighted by Crippen LogP contribution is 2.21. The van der Waals surface area contributed by atoms with Crippen LogP contribution < -0.4 is 5.32 Å². The summed E-state index contributed by atoms with van der Waals surface area (Å²) >= 11 is 1.79. The second kappa shape index (κ2) is 6.64. The molecule has 0 amide bonds. The van der Waals surface area contributed by atoms with Gasteiger partial charge in [-0.3, -0.25) is 4.90 Å². The molecule has 0 spiro atoms. The van der Waals surface area contributed by atoms with Crippen LogP contribution in [-0.2, 0) is 6.54 Å². The largest absolute Gasteiger partial charge is 0.314 e. The highest BCUT2D eigenvalue weighted by atomic mass is 32.1. The van der Waals surface area contributed by atoms with Crippen molar-refractivity contribution in [1.29, 1.82) is 0 Å². The third-order valence-corrected chi connectivity index (χ3v) is 4.55. The maximum Gasteiger partial charge on any atom is 0.0798 e. The normalized spacial score (nSPS) is 21.7. The van der Waals surface area contributed by atoms with Crippen LogP contribution >= 0.6 is 11.3 Å². The Morgan fingerprint density at radius 1 is 1.56 bits per heavy atom. The van der Waals surface area contributed by atoms with Gasteiger partial charge in [0.1, 0.15) is 0 Å². The Bertz CT molecular complexity index is 362. The number of hydrogen-bond donors (Lipinski definition) is 1. The summed E-state index contributed by atoms with van der Waals surface area (Å²) in [4.78, 5) is 8.37. The second-order valence-electron chi connectivity index (χ2n) is 5.67. The fourth-order valence-electron chi connectivity index (χ4n) is 2.54. The van der Waals surface area contributed by atoms with Gasteiger partial charge in [-0.1, -0.05) is 13.8 Å². The van der Waals surface area contributed by atoms with Crippen molar-refractivity contribution in [3.8, 4) is 0 Å². The molecule has 0 bridgehead atoms. The zero-order valence-corrected chi connectivity index (χ0v) is 12.6. The topological polar surface area (TPSA) is 28.2 Å². The van der Waals surface area contributed by atoms with E-state index in [9.17, 15) is 0 Å². The minimum Gasteiger partial charge on any atom is -0.314 e. The molecule has 0 saturated carbocycles. The number of aromatic nitrogens is 1. The molecule has 18 heavy (non-hydrogen) atoms. The van der Waals surface area contributed by atoms with E-state index in [1.165, 1.54) is 36.5 Å². The highest BCUT2D eigenvalue weighted by Gasteiger charge is 2.20. The Hall–Kier alpha value is -0.450. The summed E-state index contributed by atoms with van der Waals surface area (Å²) in [6, 6.07) is 0.601. The SMILES string of the molecule is Cc1ncsc1CN1CCCC(CNC(C)C)C1. The second-order valence-corrected chi connectivity index (χ2v) is 6.61. The molecule has 1 aliphatic heterocycles. The van der Waals surface area contributed by atoms with Crippen molar-refractivity contribution >= 4 is 11.3 Å². The molecule has 102 valence electrons. The first-order valence-corrected chi connectivity index (χ1v) is 7.88.